The summed E-state index contributed by atoms with van der Waals surface area (Å²) in [4.78, 5) is 11.8. The van der Waals surface area contributed by atoms with Crippen LogP contribution in [0.5, 0.6) is 0 Å². The molecule has 4 nitrogen and oxygen atoms in total. The Bertz CT molecular complexity index is 371. The third-order valence-corrected chi connectivity index (χ3v) is 3.10. The number of aromatic nitrogens is 2. The lowest BCUT2D eigenvalue weighted by Crippen LogP contribution is -2.32. The highest BCUT2D eigenvalue weighted by atomic mass is 35.5. The normalized spacial score (nSPS) is 11.5. The molecular formula is C10H16ClN3O. The number of H-pyrrole nitrogens is 1. The van der Waals surface area contributed by atoms with Crippen LogP contribution in [0.2, 0.25) is 0 Å². The summed E-state index contributed by atoms with van der Waals surface area (Å²) in [6.07, 6.45) is 0. The third-order valence-electron chi connectivity index (χ3n) is 2.43. The van der Waals surface area contributed by atoms with Gasteiger partial charge in [-0.05, 0) is 27.7 Å². The number of hydrogen-bond acceptors (Lipinski definition) is 2. The summed E-state index contributed by atoms with van der Waals surface area (Å²) < 4.78 is 0. The molecule has 0 aromatic carbocycles. The van der Waals surface area contributed by atoms with Crippen LogP contribution in [0.1, 0.15) is 25.1 Å². The topological polar surface area (TPSA) is 57.8 Å². The Kier molecular flexibility index (Phi) is 3.39. The predicted octanol–water partition coefficient (Wildman–Crippen LogP) is 2.23. The first kappa shape index (κ1) is 12.0. The lowest BCUT2D eigenvalue weighted by Gasteiger charge is -2.19. The average Bonchev–Trinajstić information content (AvgIpc) is 2.49. The number of carbonyl (C=O) groups is 1. The van der Waals surface area contributed by atoms with Crippen LogP contribution in [0.25, 0.3) is 0 Å². The minimum absolute atomic E-state index is 0.118. The largest absolute Gasteiger partial charge is 0.308 e. The molecule has 2 N–H and O–H groups in total. The number of anilines is 1. The van der Waals surface area contributed by atoms with E-state index in [1.54, 1.807) is 13.8 Å². The Balaban J connectivity index is 2.79. The van der Waals surface area contributed by atoms with Gasteiger partial charge >= 0.3 is 0 Å². The number of nitrogens with one attached hydrogen (secondary N) is 2. The van der Waals surface area contributed by atoms with Crippen LogP contribution in [0.3, 0.4) is 0 Å². The minimum atomic E-state index is -0.582. The molecule has 0 aliphatic heterocycles. The van der Waals surface area contributed by atoms with E-state index >= 15 is 0 Å². The van der Waals surface area contributed by atoms with Gasteiger partial charge in [0.15, 0.2) is 5.82 Å². The Hall–Kier alpha value is -1.03. The van der Waals surface area contributed by atoms with Gasteiger partial charge < -0.3 is 5.32 Å². The van der Waals surface area contributed by atoms with Gasteiger partial charge in [0.25, 0.3) is 0 Å². The van der Waals surface area contributed by atoms with Crippen LogP contribution in [-0.4, -0.2) is 22.0 Å². The number of alkyl halides is 1. The molecule has 0 saturated heterocycles. The summed E-state index contributed by atoms with van der Waals surface area (Å²) in [5.74, 6) is 0.740. The maximum atomic E-state index is 11.8. The van der Waals surface area contributed by atoms with Crippen LogP contribution >= 0.6 is 11.6 Å². The van der Waals surface area contributed by atoms with E-state index in [9.17, 15) is 4.79 Å². The number of aromatic amines is 1. The van der Waals surface area contributed by atoms with Crippen molar-refractivity contribution in [3.05, 3.63) is 11.3 Å². The molecule has 1 rings (SSSR count). The summed E-state index contributed by atoms with van der Waals surface area (Å²) >= 11 is 5.71. The Morgan fingerprint density at radius 1 is 1.53 bits per heavy atom. The molecule has 0 aliphatic rings. The summed E-state index contributed by atoms with van der Waals surface area (Å²) in [5.41, 5.74) is 1.32. The Morgan fingerprint density at radius 2 is 2.13 bits per heavy atom. The number of nitrogens with zero attached hydrogens (tertiary/aromatic N) is 1. The number of aryl methyl sites for hydroxylation is 1. The van der Waals surface area contributed by atoms with E-state index in [0.717, 1.165) is 11.3 Å². The van der Waals surface area contributed by atoms with E-state index in [-0.39, 0.29) is 11.8 Å². The fraction of sp³-hybridized carbons (Fsp3) is 0.600. The van der Waals surface area contributed by atoms with Crippen LogP contribution in [0.15, 0.2) is 0 Å². The van der Waals surface area contributed by atoms with Gasteiger partial charge in [0.1, 0.15) is 0 Å². The molecule has 0 aliphatic carbocycles. The second-order valence-electron chi connectivity index (χ2n) is 4.29. The predicted molar refractivity (Wildman–Crippen MR) is 61.2 cm³/mol. The molecule has 1 heterocycles. The first-order valence-electron chi connectivity index (χ1n) is 4.77. The SMILES string of the molecule is Cc1[nH]nc(NC(=O)C(C)(C)CCl)c1C. The van der Waals surface area contributed by atoms with E-state index in [4.69, 9.17) is 11.6 Å². The molecule has 5 heteroatoms. The number of amides is 1. The van der Waals surface area contributed by atoms with Crippen molar-refractivity contribution in [3.8, 4) is 0 Å². The average molecular weight is 230 g/mol. The lowest BCUT2D eigenvalue weighted by molar-refractivity contribution is -0.123. The van der Waals surface area contributed by atoms with Crippen LogP contribution in [0.4, 0.5) is 5.82 Å². The van der Waals surface area contributed by atoms with Gasteiger partial charge in [-0.25, -0.2) is 0 Å². The Labute approximate surface area is 94.4 Å². The minimum Gasteiger partial charge on any atom is -0.308 e. The highest BCUT2D eigenvalue weighted by Gasteiger charge is 2.27. The maximum Gasteiger partial charge on any atom is 0.232 e. The summed E-state index contributed by atoms with van der Waals surface area (Å²) in [6, 6.07) is 0. The molecule has 1 amide bonds. The van der Waals surface area contributed by atoms with Crippen LogP contribution in [0, 0.1) is 19.3 Å². The second kappa shape index (κ2) is 4.23. The van der Waals surface area contributed by atoms with Crippen molar-refractivity contribution in [3.63, 3.8) is 0 Å². The van der Waals surface area contributed by atoms with E-state index < -0.39 is 5.41 Å². The zero-order valence-electron chi connectivity index (χ0n) is 9.44. The molecule has 15 heavy (non-hydrogen) atoms. The lowest BCUT2D eigenvalue weighted by atomic mass is 9.95. The Morgan fingerprint density at radius 3 is 2.53 bits per heavy atom. The summed E-state index contributed by atoms with van der Waals surface area (Å²) in [7, 11) is 0. The van der Waals surface area contributed by atoms with Gasteiger partial charge in [0.05, 0.1) is 5.41 Å². The fourth-order valence-electron chi connectivity index (χ4n) is 0.944. The summed E-state index contributed by atoms with van der Waals surface area (Å²) in [6.45, 7) is 7.40. The van der Waals surface area contributed by atoms with Crippen molar-refractivity contribution in [2.45, 2.75) is 27.7 Å². The number of carbonyl (C=O) groups excluding carboxylic acids is 1. The van der Waals surface area contributed by atoms with Crippen molar-refractivity contribution in [2.24, 2.45) is 5.41 Å². The van der Waals surface area contributed by atoms with Gasteiger partial charge in [-0.2, -0.15) is 5.10 Å². The zero-order chi connectivity index (χ0) is 11.6. The van der Waals surface area contributed by atoms with E-state index in [2.05, 4.69) is 15.5 Å². The van der Waals surface area contributed by atoms with Gasteiger partial charge in [-0.15, -0.1) is 11.6 Å². The third kappa shape index (κ3) is 2.50. The van der Waals surface area contributed by atoms with Crippen molar-refractivity contribution in [1.82, 2.24) is 10.2 Å². The first-order valence-corrected chi connectivity index (χ1v) is 5.31. The number of rotatable bonds is 3. The van der Waals surface area contributed by atoms with Crippen molar-refractivity contribution < 1.29 is 4.79 Å². The quantitative estimate of drug-likeness (QED) is 0.781. The molecule has 0 radical (unpaired) electrons. The van der Waals surface area contributed by atoms with Crippen molar-refractivity contribution in [2.75, 3.05) is 11.2 Å². The monoisotopic (exact) mass is 229 g/mol. The van der Waals surface area contributed by atoms with Gasteiger partial charge in [-0.1, -0.05) is 0 Å². The molecule has 1 aromatic rings. The number of hydrogen-bond donors (Lipinski definition) is 2. The molecular weight excluding hydrogens is 214 g/mol. The summed E-state index contributed by atoms with van der Waals surface area (Å²) in [5, 5.41) is 9.57. The second-order valence-corrected chi connectivity index (χ2v) is 4.56. The maximum absolute atomic E-state index is 11.8. The zero-order valence-corrected chi connectivity index (χ0v) is 10.2. The van der Waals surface area contributed by atoms with Crippen molar-refractivity contribution >= 4 is 23.3 Å². The molecule has 0 unspecified atom stereocenters. The highest BCUT2D eigenvalue weighted by Crippen LogP contribution is 2.21. The van der Waals surface area contributed by atoms with E-state index in [0.29, 0.717) is 5.82 Å². The fourth-order valence-corrected chi connectivity index (χ4v) is 1.07. The smallest absolute Gasteiger partial charge is 0.232 e. The van der Waals surface area contributed by atoms with Crippen LogP contribution in [-0.2, 0) is 4.79 Å². The van der Waals surface area contributed by atoms with Gasteiger partial charge in [0, 0.05) is 17.1 Å². The molecule has 0 fully saturated rings. The molecule has 0 spiro atoms. The van der Waals surface area contributed by atoms with Crippen LogP contribution < -0.4 is 5.32 Å². The van der Waals surface area contributed by atoms with E-state index in [1.165, 1.54) is 0 Å². The molecule has 0 bridgehead atoms. The number of halogens is 1. The molecule has 1 aromatic heterocycles. The van der Waals surface area contributed by atoms with Gasteiger partial charge in [-0.3, -0.25) is 9.89 Å². The van der Waals surface area contributed by atoms with E-state index in [1.807, 2.05) is 13.8 Å². The molecule has 0 atom stereocenters. The highest BCUT2D eigenvalue weighted by molar-refractivity contribution is 6.20. The van der Waals surface area contributed by atoms with Gasteiger partial charge in [0.2, 0.25) is 5.91 Å². The van der Waals surface area contributed by atoms with Crippen molar-refractivity contribution in [1.29, 1.82) is 0 Å². The standard InChI is InChI=1S/C10H16ClN3O/c1-6-7(2)13-14-8(6)12-9(15)10(3,4)5-11/h5H2,1-4H3,(H2,12,13,14,15). The first-order chi connectivity index (χ1) is 6.88. The molecule has 0 saturated carbocycles. The molecule has 84 valence electrons.